The molecule has 2 atom stereocenters. The first-order valence-corrected chi connectivity index (χ1v) is 10.9. The molecule has 1 aromatic carbocycles. The first kappa shape index (κ1) is 27.5. The summed E-state index contributed by atoms with van der Waals surface area (Å²) in [5, 5.41) is 10.8. The summed E-state index contributed by atoms with van der Waals surface area (Å²) < 4.78 is 21.4. The van der Waals surface area contributed by atoms with Crippen LogP contribution in [0.5, 0.6) is 0 Å². The number of piperazine rings is 1. The van der Waals surface area contributed by atoms with E-state index in [0.717, 1.165) is 12.1 Å². The molecule has 14 heteroatoms. The molecule has 1 amide bonds. The van der Waals surface area contributed by atoms with Gasteiger partial charge in [-0.25, -0.2) is 19.2 Å². The third-order valence-corrected chi connectivity index (χ3v) is 6.33. The third kappa shape index (κ3) is 5.49. The van der Waals surface area contributed by atoms with Crippen LogP contribution in [0.2, 0.25) is 0 Å². The van der Waals surface area contributed by atoms with Crippen LogP contribution in [0.15, 0.2) is 30.9 Å². The molecule has 36 heavy (non-hydrogen) atoms. The smallest absolute Gasteiger partial charge is 0.253 e. The molecule has 3 aromatic rings. The van der Waals surface area contributed by atoms with Crippen LogP contribution in [0.1, 0.15) is 22.8 Å². The van der Waals surface area contributed by atoms with Crippen LogP contribution in [-0.4, -0.2) is 84.7 Å². The number of ether oxygens (including phenoxy) is 1. The molecular formula is C22H26FN9O2S2. The largest absolute Gasteiger partial charge is 0.371 e. The molecule has 5 rings (SSSR count). The summed E-state index contributed by atoms with van der Waals surface area (Å²) in [5.41, 5.74) is 2.23. The summed E-state index contributed by atoms with van der Waals surface area (Å²) >= 11 is 0. The van der Waals surface area contributed by atoms with Crippen LogP contribution in [0.3, 0.4) is 0 Å². The van der Waals surface area contributed by atoms with Gasteiger partial charge in [-0.2, -0.15) is 31.7 Å². The Morgan fingerprint density at radius 3 is 2.69 bits per heavy atom. The number of morpholine rings is 1. The van der Waals surface area contributed by atoms with Crippen LogP contribution in [0, 0.1) is 19.3 Å². The SMILES string of the molecule is S.S.[C-]#[N+]c1c(F)ccc([C@H]2CN3CCN(C(=O)Cc4cnc(-n5cnnn5)nc4)C[C@H]3CO2)c1C. The number of nitrogens with zero attached hydrogens (tertiary/aromatic N) is 9. The average molecular weight is 532 g/mol. The molecular weight excluding hydrogens is 505 g/mol. The lowest BCUT2D eigenvalue weighted by Crippen LogP contribution is -2.59. The Balaban J connectivity index is 0.00000180. The Bertz CT molecular complexity index is 1240. The van der Waals surface area contributed by atoms with Gasteiger partial charge in [0.05, 0.1) is 31.7 Å². The summed E-state index contributed by atoms with van der Waals surface area (Å²) in [6, 6.07) is 3.13. The number of halogens is 1. The van der Waals surface area contributed by atoms with E-state index in [2.05, 4.69) is 35.2 Å². The van der Waals surface area contributed by atoms with Gasteiger partial charge in [0.2, 0.25) is 11.6 Å². The number of fused-ring (bicyclic) bond motifs is 1. The van der Waals surface area contributed by atoms with Crippen molar-refractivity contribution < 1.29 is 13.9 Å². The highest BCUT2D eigenvalue weighted by atomic mass is 32.1. The summed E-state index contributed by atoms with van der Waals surface area (Å²) in [4.78, 5) is 28.8. The molecule has 2 aliphatic rings. The quantitative estimate of drug-likeness (QED) is 0.467. The van der Waals surface area contributed by atoms with E-state index in [1.165, 1.54) is 17.1 Å². The van der Waals surface area contributed by atoms with Crippen LogP contribution >= 0.6 is 27.0 Å². The summed E-state index contributed by atoms with van der Waals surface area (Å²) in [5.74, 6) is -0.159. The van der Waals surface area contributed by atoms with Crippen molar-refractivity contribution in [1.29, 1.82) is 0 Å². The minimum Gasteiger partial charge on any atom is -0.371 e. The average Bonchev–Trinajstić information content (AvgIpc) is 3.39. The first-order chi connectivity index (χ1) is 16.5. The molecule has 0 bridgehead atoms. The number of carbonyl (C=O) groups is 1. The van der Waals surface area contributed by atoms with Gasteiger partial charge in [-0.3, -0.25) is 9.69 Å². The lowest BCUT2D eigenvalue weighted by molar-refractivity contribution is -0.139. The van der Waals surface area contributed by atoms with Gasteiger partial charge in [0.1, 0.15) is 12.1 Å². The maximum atomic E-state index is 13.9. The zero-order chi connectivity index (χ0) is 23.7. The van der Waals surface area contributed by atoms with Gasteiger partial charge in [0.15, 0.2) is 0 Å². The normalized spacial score (nSPS) is 19.4. The van der Waals surface area contributed by atoms with Gasteiger partial charge in [0.25, 0.3) is 5.95 Å². The molecule has 2 fully saturated rings. The number of rotatable bonds is 4. The van der Waals surface area contributed by atoms with Crippen molar-refractivity contribution in [3.05, 3.63) is 64.8 Å². The van der Waals surface area contributed by atoms with E-state index in [4.69, 9.17) is 11.3 Å². The van der Waals surface area contributed by atoms with Crippen molar-refractivity contribution in [2.24, 2.45) is 0 Å². The van der Waals surface area contributed by atoms with Crippen molar-refractivity contribution in [2.75, 3.05) is 32.8 Å². The van der Waals surface area contributed by atoms with Gasteiger partial charge in [-0.05, 0) is 40.1 Å². The van der Waals surface area contributed by atoms with Crippen LogP contribution in [-0.2, 0) is 16.0 Å². The Kier molecular flexibility index (Phi) is 8.96. The predicted molar refractivity (Wildman–Crippen MR) is 137 cm³/mol. The topological polar surface area (TPSA) is 107 Å². The second-order valence-electron chi connectivity index (χ2n) is 8.35. The number of aromatic nitrogens is 6. The van der Waals surface area contributed by atoms with Crippen LogP contribution in [0.25, 0.3) is 10.8 Å². The highest BCUT2D eigenvalue weighted by Crippen LogP contribution is 2.34. The van der Waals surface area contributed by atoms with Crippen molar-refractivity contribution >= 4 is 38.6 Å². The van der Waals surface area contributed by atoms with Crippen molar-refractivity contribution in [3.8, 4) is 5.95 Å². The zero-order valence-corrected chi connectivity index (χ0v) is 21.5. The van der Waals surface area contributed by atoms with Crippen molar-refractivity contribution in [2.45, 2.75) is 25.5 Å². The number of hydrogen-bond acceptors (Lipinski definition) is 8. The first-order valence-electron chi connectivity index (χ1n) is 10.9. The third-order valence-electron chi connectivity index (χ3n) is 6.33. The molecule has 0 aliphatic carbocycles. The zero-order valence-electron chi connectivity index (χ0n) is 19.5. The van der Waals surface area contributed by atoms with Gasteiger partial charge in [-0.15, -0.1) is 5.10 Å². The van der Waals surface area contributed by atoms with E-state index in [0.29, 0.717) is 43.3 Å². The summed E-state index contributed by atoms with van der Waals surface area (Å²) in [7, 11) is 0. The second-order valence-corrected chi connectivity index (χ2v) is 8.35. The van der Waals surface area contributed by atoms with Crippen LogP contribution in [0.4, 0.5) is 10.1 Å². The molecule has 2 saturated heterocycles. The van der Waals surface area contributed by atoms with Gasteiger partial charge < -0.3 is 9.64 Å². The van der Waals surface area contributed by atoms with Gasteiger partial charge >= 0.3 is 0 Å². The number of benzene rings is 1. The van der Waals surface area contributed by atoms with E-state index < -0.39 is 5.82 Å². The fourth-order valence-electron chi connectivity index (χ4n) is 4.46. The van der Waals surface area contributed by atoms with Crippen molar-refractivity contribution in [3.63, 3.8) is 0 Å². The van der Waals surface area contributed by atoms with E-state index >= 15 is 0 Å². The Labute approximate surface area is 221 Å². The minimum atomic E-state index is -0.507. The van der Waals surface area contributed by atoms with Gasteiger partial charge in [0, 0.05) is 38.6 Å². The van der Waals surface area contributed by atoms with E-state index in [1.54, 1.807) is 25.4 Å². The lowest BCUT2D eigenvalue weighted by atomic mass is 9.98. The monoisotopic (exact) mass is 531 g/mol. The lowest BCUT2D eigenvalue weighted by Gasteiger charge is -2.46. The van der Waals surface area contributed by atoms with Crippen LogP contribution < -0.4 is 0 Å². The molecule has 0 unspecified atom stereocenters. The summed E-state index contributed by atoms with van der Waals surface area (Å²) in [6.45, 7) is 12.0. The molecule has 2 aromatic heterocycles. The molecule has 0 spiro atoms. The van der Waals surface area contributed by atoms with E-state index in [-0.39, 0.29) is 57.2 Å². The highest BCUT2D eigenvalue weighted by molar-refractivity contribution is 7.59. The highest BCUT2D eigenvalue weighted by Gasteiger charge is 2.36. The fourth-order valence-corrected chi connectivity index (χ4v) is 4.46. The van der Waals surface area contributed by atoms with E-state index in [9.17, 15) is 9.18 Å². The molecule has 0 N–H and O–H groups in total. The number of amides is 1. The minimum absolute atomic E-state index is 0. The predicted octanol–water partition coefficient (Wildman–Crippen LogP) is 1.50. The molecule has 0 saturated carbocycles. The molecule has 4 heterocycles. The number of carbonyl (C=O) groups excluding carboxylic acids is 1. The molecule has 2 aliphatic heterocycles. The maximum Gasteiger partial charge on any atom is 0.253 e. The van der Waals surface area contributed by atoms with Crippen molar-refractivity contribution in [1.82, 2.24) is 40.0 Å². The molecule has 0 radical (unpaired) electrons. The second kappa shape index (κ2) is 11.7. The van der Waals surface area contributed by atoms with E-state index in [1.807, 2.05) is 4.90 Å². The fraction of sp³-hybridized carbons (Fsp3) is 0.409. The number of tetrazole rings is 1. The Morgan fingerprint density at radius 1 is 1.22 bits per heavy atom. The van der Waals surface area contributed by atoms with Gasteiger partial charge in [-0.1, -0.05) is 6.07 Å². The molecule has 190 valence electrons. The summed E-state index contributed by atoms with van der Waals surface area (Å²) in [6.07, 6.45) is 4.59. The Morgan fingerprint density at radius 2 is 2.00 bits per heavy atom. The molecule has 11 nitrogen and oxygen atoms in total. The standard InChI is InChI=1S/C22H22FN9O2.2H2S/c1-14-17(3-4-18(23)21(14)24-2)19-11-30-5-6-31(10-16(30)12-34-19)20(33)7-15-8-25-22(26-9-15)32-13-27-28-29-32;;/h3-4,8-9,13,16,19H,5-7,10-12H2,1H3;2*1H2/t16-,19+;;/m0../s1. The Hall–Kier alpha value is -3.12. The number of hydrogen-bond donors (Lipinski definition) is 0. The maximum absolute atomic E-state index is 13.9.